The average Bonchev–Trinajstić information content (AvgIpc) is 2.93. The van der Waals surface area contributed by atoms with Crippen molar-refractivity contribution in [3.63, 3.8) is 0 Å². The third-order valence-electron chi connectivity index (χ3n) is 3.00. The molecule has 1 aromatic carbocycles. The summed E-state index contributed by atoms with van der Waals surface area (Å²) in [7, 11) is 0. The molecule has 2 aromatic rings. The molecule has 0 aliphatic carbocycles. The quantitative estimate of drug-likeness (QED) is 0.803. The van der Waals surface area contributed by atoms with Gasteiger partial charge in [-0.15, -0.1) is 0 Å². The fraction of sp³-hybridized carbons (Fsp3) is 0.400. The number of ether oxygens (including phenoxy) is 1. The molecule has 1 aromatic heterocycles. The summed E-state index contributed by atoms with van der Waals surface area (Å²) in [5, 5.41) is 3.49. The molecule has 0 amide bonds. The van der Waals surface area contributed by atoms with Crippen LogP contribution in [0.1, 0.15) is 31.3 Å². The molecule has 4 nitrogen and oxygen atoms in total. The lowest BCUT2D eigenvalue weighted by Gasteiger charge is -2.17. The summed E-state index contributed by atoms with van der Waals surface area (Å²) in [5.74, 6) is 1.92. The van der Waals surface area contributed by atoms with Gasteiger partial charge in [-0.2, -0.15) is 0 Å². The summed E-state index contributed by atoms with van der Waals surface area (Å²) in [6, 6.07) is 8.53. The van der Waals surface area contributed by atoms with E-state index in [1.165, 1.54) is 5.56 Å². The number of aromatic nitrogens is 2. The molecular formula is C15H21N3O. The van der Waals surface area contributed by atoms with Gasteiger partial charge in [-0.05, 0) is 31.2 Å². The first-order chi connectivity index (χ1) is 9.33. The smallest absolute Gasteiger partial charge is 0.119 e. The van der Waals surface area contributed by atoms with E-state index >= 15 is 0 Å². The van der Waals surface area contributed by atoms with Crippen LogP contribution in [0.5, 0.6) is 5.75 Å². The molecule has 2 rings (SSSR count). The summed E-state index contributed by atoms with van der Waals surface area (Å²) < 4.78 is 5.47. The number of likely N-dealkylation sites (N-methyl/N-ethyl adjacent to an activating group) is 1. The van der Waals surface area contributed by atoms with Gasteiger partial charge < -0.3 is 15.0 Å². The van der Waals surface area contributed by atoms with Crippen LogP contribution in [-0.2, 0) is 6.42 Å². The Morgan fingerprint density at radius 3 is 2.63 bits per heavy atom. The Kier molecular flexibility index (Phi) is 4.98. The maximum absolute atomic E-state index is 5.47. The summed E-state index contributed by atoms with van der Waals surface area (Å²) in [6.45, 7) is 5.73. The highest BCUT2D eigenvalue weighted by Gasteiger charge is 2.12. The van der Waals surface area contributed by atoms with E-state index < -0.39 is 0 Å². The number of hydrogen-bond acceptors (Lipinski definition) is 3. The lowest BCUT2D eigenvalue weighted by molar-refractivity contribution is 0.340. The maximum atomic E-state index is 5.47. The lowest BCUT2D eigenvalue weighted by Crippen LogP contribution is -2.23. The molecular weight excluding hydrogens is 238 g/mol. The first kappa shape index (κ1) is 13.6. The van der Waals surface area contributed by atoms with Gasteiger partial charge in [0.1, 0.15) is 11.6 Å². The number of aromatic amines is 1. The minimum atomic E-state index is 0.270. The number of hydrogen-bond donors (Lipinski definition) is 2. The van der Waals surface area contributed by atoms with Crippen LogP contribution in [0, 0.1) is 0 Å². The van der Waals surface area contributed by atoms with E-state index in [1.807, 2.05) is 25.3 Å². The highest BCUT2D eigenvalue weighted by Crippen LogP contribution is 2.20. The van der Waals surface area contributed by atoms with Crippen molar-refractivity contribution in [2.75, 3.05) is 13.2 Å². The van der Waals surface area contributed by atoms with E-state index in [-0.39, 0.29) is 6.04 Å². The van der Waals surface area contributed by atoms with Crippen molar-refractivity contribution in [2.45, 2.75) is 26.3 Å². The van der Waals surface area contributed by atoms with Crippen molar-refractivity contribution in [3.8, 4) is 5.75 Å². The monoisotopic (exact) mass is 259 g/mol. The number of nitrogens with zero attached hydrogens (tertiary/aromatic N) is 1. The normalized spacial score (nSPS) is 12.3. The molecule has 1 atom stereocenters. The van der Waals surface area contributed by atoms with Crippen molar-refractivity contribution in [1.82, 2.24) is 15.3 Å². The second kappa shape index (κ2) is 6.95. The number of H-pyrrole nitrogens is 1. The van der Waals surface area contributed by atoms with Gasteiger partial charge in [0.2, 0.25) is 0 Å². The van der Waals surface area contributed by atoms with E-state index in [9.17, 15) is 0 Å². The Labute approximate surface area is 114 Å². The second-order valence-corrected chi connectivity index (χ2v) is 4.35. The zero-order chi connectivity index (χ0) is 13.5. The van der Waals surface area contributed by atoms with Crippen LogP contribution in [0.25, 0.3) is 0 Å². The first-order valence-electron chi connectivity index (χ1n) is 6.77. The molecule has 0 saturated carbocycles. The van der Waals surface area contributed by atoms with Crippen molar-refractivity contribution in [3.05, 3.63) is 48.0 Å². The Bertz CT molecular complexity index is 465. The Morgan fingerprint density at radius 2 is 2.05 bits per heavy atom. The van der Waals surface area contributed by atoms with E-state index in [1.54, 1.807) is 6.20 Å². The van der Waals surface area contributed by atoms with Gasteiger partial charge in [-0.25, -0.2) is 4.98 Å². The zero-order valence-corrected chi connectivity index (χ0v) is 11.5. The number of rotatable bonds is 7. The molecule has 4 heteroatoms. The maximum Gasteiger partial charge on any atom is 0.119 e. The second-order valence-electron chi connectivity index (χ2n) is 4.35. The van der Waals surface area contributed by atoms with Gasteiger partial charge in [0.15, 0.2) is 0 Å². The van der Waals surface area contributed by atoms with E-state index in [0.29, 0.717) is 6.61 Å². The molecule has 0 fully saturated rings. The molecule has 1 unspecified atom stereocenters. The number of benzene rings is 1. The minimum Gasteiger partial charge on any atom is -0.494 e. The third-order valence-corrected chi connectivity index (χ3v) is 3.00. The van der Waals surface area contributed by atoms with Gasteiger partial charge in [0, 0.05) is 24.9 Å². The summed E-state index contributed by atoms with van der Waals surface area (Å²) >= 11 is 0. The van der Waals surface area contributed by atoms with Gasteiger partial charge in [-0.3, -0.25) is 0 Å². The molecule has 0 aliphatic heterocycles. The molecule has 0 radical (unpaired) electrons. The summed E-state index contributed by atoms with van der Waals surface area (Å²) in [4.78, 5) is 7.44. The fourth-order valence-electron chi connectivity index (χ4n) is 2.12. The third kappa shape index (κ3) is 3.83. The van der Waals surface area contributed by atoms with E-state index in [4.69, 9.17) is 4.74 Å². The van der Waals surface area contributed by atoms with Crippen LogP contribution in [0.15, 0.2) is 36.7 Å². The molecule has 0 bridgehead atoms. The van der Waals surface area contributed by atoms with Crippen LogP contribution in [0.4, 0.5) is 0 Å². The molecule has 1 heterocycles. The average molecular weight is 259 g/mol. The molecule has 0 aliphatic rings. The van der Waals surface area contributed by atoms with Crippen LogP contribution in [0.2, 0.25) is 0 Å². The van der Waals surface area contributed by atoms with Gasteiger partial charge in [-0.1, -0.05) is 19.1 Å². The molecule has 102 valence electrons. The van der Waals surface area contributed by atoms with E-state index in [0.717, 1.165) is 24.5 Å². The zero-order valence-electron chi connectivity index (χ0n) is 11.5. The SMILES string of the molecule is CCNC(Cc1ncc[nH]1)c1ccc(OCC)cc1. The highest BCUT2D eigenvalue weighted by atomic mass is 16.5. The van der Waals surface area contributed by atoms with Crippen molar-refractivity contribution >= 4 is 0 Å². The lowest BCUT2D eigenvalue weighted by atomic mass is 10.0. The summed E-state index contributed by atoms with van der Waals surface area (Å²) in [5.41, 5.74) is 1.25. The topological polar surface area (TPSA) is 49.9 Å². The van der Waals surface area contributed by atoms with Gasteiger partial charge in [0.05, 0.1) is 6.61 Å². The fourth-order valence-corrected chi connectivity index (χ4v) is 2.12. The van der Waals surface area contributed by atoms with Crippen LogP contribution in [0.3, 0.4) is 0 Å². The standard InChI is InChI=1S/C15H21N3O/c1-3-16-14(11-15-17-9-10-18-15)12-5-7-13(8-6-12)19-4-2/h5-10,14,16H,3-4,11H2,1-2H3,(H,17,18). The highest BCUT2D eigenvalue weighted by molar-refractivity contribution is 5.29. The number of nitrogens with one attached hydrogen (secondary N) is 2. The van der Waals surface area contributed by atoms with Crippen molar-refractivity contribution in [1.29, 1.82) is 0 Å². The number of imidazole rings is 1. The molecule has 0 saturated heterocycles. The molecule has 19 heavy (non-hydrogen) atoms. The van der Waals surface area contributed by atoms with Crippen LogP contribution >= 0.6 is 0 Å². The van der Waals surface area contributed by atoms with Gasteiger partial charge in [0.25, 0.3) is 0 Å². The van der Waals surface area contributed by atoms with Gasteiger partial charge >= 0.3 is 0 Å². The Hall–Kier alpha value is -1.81. The Balaban J connectivity index is 2.09. The van der Waals surface area contributed by atoms with E-state index in [2.05, 4.69) is 34.3 Å². The van der Waals surface area contributed by atoms with Crippen LogP contribution < -0.4 is 10.1 Å². The Morgan fingerprint density at radius 1 is 1.26 bits per heavy atom. The molecule has 0 spiro atoms. The van der Waals surface area contributed by atoms with Crippen molar-refractivity contribution < 1.29 is 4.74 Å². The molecule has 2 N–H and O–H groups in total. The van der Waals surface area contributed by atoms with Crippen molar-refractivity contribution in [2.24, 2.45) is 0 Å². The minimum absolute atomic E-state index is 0.270. The predicted octanol–water partition coefficient (Wildman–Crippen LogP) is 2.70. The first-order valence-corrected chi connectivity index (χ1v) is 6.77. The largest absolute Gasteiger partial charge is 0.494 e. The summed E-state index contributed by atoms with van der Waals surface area (Å²) in [6.07, 6.45) is 4.50. The predicted molar refractivity (Wildman–Crippen MR) is 76.3 cm³/mol. The van der Waals surface area contributed by atoms with Crippen LogP contribution in [-0.4, -0.2) is 23.1 Å².